The predicted molar refractivity (Wildman–Crippen MR) is 73.3 cm³/mol. The molecule has 1 aromatic carbocycles. The Balaban J connectivity index is 2.01. The molecule has 4 nitrogen and oxygen atoms in total. The number of phenols is 1. The number of para-hydroxylation sites is 1. The van der Waals surface area contributed by atoms with Gasteiger partial charge in [0.2, 0.25) is 0 Å². The number of ether oxygens (including phenoxy) is 1. The molecule has 1 aromatic rings. The van der Waals surface area contributed by atoms with Crippen molar-refractivity contribution >= 4 is 5.91 Å². The van der Waals surface area contributed by atoms with Crippen molar-refractivity contribution in [2.45, 2.75) is 32.3 Å². The number of nitrogens with zero attached hydrogens (tertiary/aromatic N) is 1. The van der Waals surface area contributed by atoms with Crippen LogP contribution >= 0.6 is 0 Å². The van der Waals surface area contributed by atoms with Crippen LogP contribution in [0.25, 0.3) is 0 Å². The second-order valence-corrected chi connectivity index (χ2v) is 4.90. The Morgan fingerprint density at radius 3 is 3.00 bits per heavy atom. The molecule has 1 fully saturated rings. The van der Waals surface area contributed by atoms with E-state index in [9.17, 15) is 9.90 Å². The summed E-state index contributed by atoms with van der Waals surface area (Å²) in [6.45, 7) is 4.17. The van der Waals surface area contributed by atoms with Crippen molar-refractivity contribution in [3.63, 3.8) is 0 Å². The number of benzene rings is 1. The molecule has 0 bridgehead atoms. The van der Waals surface area contributed by atoms with Crippen molar-refractivity contribution in [3.8, 4) is 5.75 Å². The third kappa shape index (κ3) is 3.47. The van der Waals surface area contributed by atoms with Crippen molar-refractivity contribution in [1.29, 1.82) is 0 Å². The summed E-state index contributed by atoms with van der Waals surface area (Å²) in [5, 5.41) is 9.74. The van der Waals surface area contributed by atoms with E-state index in [0.29, 0.717) is 12.1 Å². The Morgan fingerprint density at radius 1 is 1.47 bits per heavy atom. The van der Waals surface area contributed by atoms with Gasteiger partial charge in [0.15, 0.2) is 0 Å². The SMILES string of the molecule is CCCOC1CCCN(C(=O)c2ccccc2O)C1. The van der Waals surface area contributed by atoms with Crippen LogP contribution in [0.5, 0.6) is 5.75 Å². The van der Waals surface area contributed by atoms with Gasteiger partial charge in [-0.2, -0.15) is 0 Å². The number of carbonyl (C=O) groups is 1. The zero-order valence-electron chi connectivity index (χ0n) is 11.3. The maximum Gasteiger partial charge on any atom is 0.257 e. The number of hydrogen-bond acceptors (Lipinski definition) is 3. The van der Waals surface area contributed by atoms with E-state index in [1.807, 2.05) is 0 Å². The van der Waals surface area contributed by atoms with Gasteiger partial charge >= 0.3 is 0 Å². The van der Waals surface area contributed by atoms with E-state index in [1.165, 1.54) is 0 Å². The first kappa shape index (κ1) is 13.9. The number of aromatic hydroxyl groups is 1. The monoisotopic (exact) mass is 263 g/mol. The average molecular weight is 263 g/mol. The highest BCUT2D eigenvalue weighted by molar-refractivity contribution is 5.96. The first-order chi connectivity index (χ1) is 9.22. The van der Waals surface area contributed by atoms with E-state index in [0.717, 1.165) is 32.4 Å². The van der Waals surface area contributed by atoms with E-state index in [-0.39, 0.29) is 17.8 Å². The van der Waals surface area contributed by atoms with Crippen LogP contribution in [0.15, 0.2) is 24.3 Å². The molecule has 0 aromatic heterocycles. The quantitative estimate of drug-likeness (QED) is 0.907. The Kier molecular flexibility index (Phi) is 4.80. The molecule has 19 heavy (non-hydrogen) atoms. The normalized spacial score (nSPS) is 19.4. The van der Waals surface area contributed by atoms with E-state index in [4.69, 9.17) is 4.74 Å². The lowest BCUT2D eigenvalue weighted by Gasteiger charge is -2.32. The molecule has 1 aliphatic rings. The third-order valence-electron chi connectivity index (χ3n) is 3.36. The molecule has 4 heteroatoms. The summed E-state index contributed by atoms with van der Waals surface area (Å²) >= 11 is 0. The fourth-order valence-corrected chi connectivity index (χ4v) is 2.37. The highest BCUT2D eigenvalue weighted by Gasteiger charge is 2.25. The maximum atomic E-state index is 12.4. The van der Waals surface area contributed by atoms with Crippen LogP contribution in [0.2, 0.25) is 0 Å². The molecule has 1 atom stereocenters. The lowest BCUT2D eigenvalue weighted by molar-refractivity contribution is 0.00202. The van der Waals surface area contributed by atoms with Gasteiger partial charge in [-0.1, -0.05) is 19.1 Å². The predicted octanol–water partition coefficient (Wildman–Crippen LogP) is 2.42. The molecule has 1 heterocycles. The minimum absolute atomic E-state index is 0.0455. The molecule has 1 N–H and O–H groups in total. The van der Waals surface area contributed by atoms with E-state index < -0.39 is 0 Å². The summed E-state index contributed by atoms with van der Waals surface area (Å²) in [6, 6.07) is 6.69. The lowest BCUT2D eigenvalue weighted by Crippen LogP contribution is -2.43. The van der Waals surface area contributed by atoms with Gasteiger partial charge in [-0.3, -0.25) is 4.79 Å². The maximum absolute atomic E-state index is 12.4. The molecular formula is C15H21NO3. The van der Waals surface area contributed by atoms with Gasteiger partial charge in [0.1, 0.15) is 5.75 Å². The fourth-order valence-electron chi connectivity index (χ4n) is 2.37. The Hall–Kier alpha value is -1.55. The number of hydrogen-bond donors (Lipinski definition) is 1. The van der Waals surface area contributed by atoms with Crippen LogP contribution in [0.1, 0.15) is 36.5 Å². The van der Waals surface area contributed by atoms with Crippen LogP contribution in [0.3, 0.4) is 0 Å². The van der Waals surface area contributed by atoms with E-state index >= 15 is 0 Å². The molecule has 1 unspecified atom stereocenters. The van der Waals surface area contributed by atoms with Gasteiger partial charge < -0.3 is 14.7 Å². The van der Waals surface area contributed by atoms with E-state index in [1.54, 1.807) is 29.2 Å². The zero-order chi connectivity index (χ0) is 13.7. The van der Waals surface area contributed by atoms with Crippen molar-refractivity contribution in [1.82, 2.24) is 4.90 Å². The smallest absolute Gasteiger partial charge is 0.257 e. The molecule has 0 aliphatic carbocycles. The zero-order valence-corrected chi connectivity index (χ0v) is 11.3. The molecule has 1 aliphatic heterocycles. The number of phenolic OH excluding ortho intramolecular Hbond substituents is 1. The second-order valence-electron chi connectivity index (χ2n) is 4.90. The standard InChI is InChI=1S/C15H21NO3/c1-2-10-19-12-6-5-9-16(11-12)15(18)13-7-3-4-8-14(13)17/h3-4,7-8,12,17H,2,5-6,9-11H2,1H3. The van der Waals surface area contributed by atoms with Gasteiger partial charge in [0.25, 0.3) is 5.91 Å². The summed E-state index contributed by atoms with van der Waals surface area (Å²) in [6.07, 6.45) is 3.07. The molecule has 1 amide bonds. The van der Waals surface area contributed by atoms with Crippen LogP contribution in [-0.4, -0.2) is 41.7 Å². The van der Waals surface area contributed by atoms with Gasteiger partial charge in [-0.05, 0) is 31.4 Å². The van der Waals surface area contributed by atoms with E-state index in [2.05, 4.69) is 6.92 Å². The topological polar surface area (TPSA) is 49.8 Å². The summed E-state index contributed by atoms with van der Waals surface area (Å²) < 4.78 is 5.72. The van der Waals surface area contributed by atoms with Crippen LogP contribution in [-0.2, 0) is 4.74 Å². The Morgan fingerprint density at radius 2 is 2.26 bits per heavy atom. The molecule has 2 rings (SSSR count). The largest absolute Gasteiger partial charge is 0.507 e. The molecule has 1 saturated heterocycles. The minimum atomic E-state index is -0.108. The van der Waals surface area contributed by atoms with Crippen LogP contribution < -0.4 is 0 Å². The first-order valence-corrected chi connectivity index (χ1v) is 6.91. The fraction of sp³-hybridized carbons (Fsp3) is 0.533. The molecular weight excluding hydrogens is 242 g/mol. The van der Waals surface area contributed by atoms with Crippen molar-refractivity contribution in [2.24, 2.45) is 0 Å². The summed E-state index contributed by atoms with van der Waals surface area (Å²) in [5.41, 5.74) is 0.374. The lowest BCUT2D eigenvalue weighted by atomic mass is 10.1. The van der Waals surface area contributed by atoms with Crippen molar-refractivity contribution in [3.05, 3.63) is 29.8 Å². The molecule has 0 spiro atoms. The number of carbonyl (C=O) groups excluding carboxylic acids is 1. The number of rotatable bonds is 4. The number of likely N-dealkylation sites (tertiary alicyclic amines) is 1. The third-order valence-corrected chi connectivity index (χ3v) is 3.36. The highest BCUT2D eigenvalue weighted by Crippen LogP contribution is 2.21. The average Bonchev–Trinajstić information content (AvgIpc) is 2.45. The summed E-state index contributed by atoms with van der Waals surface area (Å²) in [4.78, 5) is 14.1. The van der Waals surface area contributed by atoms with Gasteiger partial charge in [0.05, 0.1) is 11.7 Å². The second kappa shape index (κ2) is 6.57. The van der Waals surface area contributed by atoms with Gasteiger partial charge in [-0.15, -0.1) is 0 Å². The molecule has 0 saturated carbocycles. The molecule has 0 radical (unpaired) electrons. The number of piperidine rings is 1. The Labute approximate surface area is 114 Å². The van der Waals surface area contributed by atoms with Crippen LogP contribution in [0.4, 0.5) is 0 Å². The minimum Gasteiger partial charge on any atom is -0.507 e. The number of amides is 1. The highest BCUT2D eigenvalue weighted by atomic mass is 16.5. The van der Waals surface area contributed by atoms with Gasteiger partial charge in [0, 0.05) is 19.7 Å². The summed E-state index contributed by atoms with van der Waals surface area (Å²) in [5.74, 6) is -0.0630. The van der Waals surface area contributed by atoms with Crippen molar-refractivity contribution in [2.75, 3.05) is 19.7 Å². The molecule has 104 valence electrons. The van der Waals surface area contributed by atoms with Crippen molar-refractivity contribution < 1.29 is 14.6 Å². The van der Waals surface area contributed by atoms with Crippen LogP contribution in [0, 0.1) is 0 Å². The van der Waals surface area contributed by atoms with Gasteiger partial charge in [-0.25, -0.2) is 0 Å². The summed E-state index contributed by atoms with van der Waals surface area (Å²) in [7, 11) is 0. The Bertz CT molecular complexity index is 433. The first-order valence-electron chi connectivity index (χ1n) is 6.91.